The minimum atomic E-state index is -0.612. The van der Waals surface area contributed by atoms with Crippen molar-refractivity contribution in [2.24, 2.45) is 0 Å². The van der Waals surface area contributed by atoms with Crippen LogP contribution in [0, 0.1) is 6.92 Å². The number of nitrogen functional groups attached to an aromatic ring is 1. The van der Waals surface area contributed by atoms with Gasteiger partial charge >= 0.3 is 0 Å². The van der Waals surface area contributed by atoms with Crippen LogP contribution in [0.25, 0.3) is 10.2 Å². The van der Waals surface area contributed by atoms with E-state index in [0.29, 0.717) is 6.54 Å². The largest absolute Gasteiger partial charge is 0.397 e. The van der Waals surface area contributed by atoms with E-state index in [2.05, 4.69) is 9.88 Å². The van der Waals surface area contributed by atoms with E-state index in [9.17, 15) is 5.11 Å². The molecule has 1 aliphatic rings. The van der Waals surface area contributed by atoms with Crippen molar-refractivity contribution in [3.63, 3.8) is 0 Å². The zero-order valence-corrected chi connectivity index (χ0v) is 11.4. The molecule has 96 valence electrons. The highest BCUT2D eigenvalue weighted by Gasteiger charge is 2.32. The molecule has 0 bridgehead atoms. The average Bonchev–Trinajstić information content (AvgIpc) is 2.78. The maximum Gasteiger partial charge on any atom is 0.0907 e. The molecule has 1 aromatic heterocycles. The molecule has 0 amide bonds. The van der Waals surface area contributed by atoms with Gasteiger partial charge in [-0.2, -0.15) is 0 Å². The molecule has 1 unspecified atom stereocenters. The summed E-state index contributed by atoms with van der Waals surface area (Å²) in [6.45, 7) is 5.34. The van der Waals surface area contributed by atoms with Crippen LogP contribution in [0.5, 0.6) is 0 Å². The van der Waals surface area contributed by atoms with Crippen LogP contribution in [-0.2, 0) is 0 Å². The van der Waals surface area contributed by atoms with Gasteiger partial charge in [-0.3, -0.25) is 0 Å². The van der Waals surface area contributed by atoms with E-state index in [1.807, 2.05) is 26.0 Å². The van der Waals surface area contributed by atoms with E-state index in [4.69, 9.17) is 5.73 Å². The molecule has 2 aromatic rings. The van der Waals surface area contributed by atoms with Gasteiger partial charge in [-0.1, -0.05) is 0 Å². The Balaban J connectivity index is 2.04. The molecule has 2 heterocycles. The molecule has 1 saturated heterocycles. The molecule has 0 spiro atoms. The first-order chi connectivity index (χ1) is 8.44. The van der Waals surface area contributed by atoms with E-state index in [-0.39, 0.29) is 0 Å². The van der Waals surface area contributed by atoms with Crippen molar-refractivity contribution in [1.29, 1.82) is 0 Å². The second kappa shape index (κ2) is 3.83. The molecular weight excluding hydrogens is 246 g/mol. The van der Waals surface area contributed by atoms with Crippen molar-refractivity contribution in [3.8, 4) is 0 Å². The number of β-amino-alcohol motifs (C(OH)–C–C–N with tert-alkyl or cyclic N) is 1. The molecule has 4 nitrogen and oxygen atoms in total. The van der Waals surface area contributed by atoms with Crippen molar-refractivity contribution >= 4 is 32.9 Å². The molecule has 3 rings (SSSR count). The Morgan fingerprint density at radius 1 is 1.50 bits per heavy atom. The predicted octanol–water partition coefficient (Wildman–Crippen LogP) is 2.15. The number of aryl methyl sites for hydroxylation is 1. The monoisotopic (exact) mass is 263 g/mol. The van der Waals surface area contributed by atoms with Gasteiger partial charge in [0.15, 0.2) is 0 Å². The Bertz CT molecular complexity index is 606. The third-order valence-corrected chi connectivity index (χ3v) is 4.37. The van der Waals surface area contributed by atoms with E-state index >= 15 is 0 Å². The number of hydrogen-bond acceptors (Lipinski definition) is 5. The topological polar surface area (TPSA) is 62.4 Å². The van der Waals surface area contributed by atoms with Gasteiger partial charge in [0.1, 0.15) is 0 Å². The van der Waals surface area contributed by atoms with Gasteiger partial charge in [0.25, 0.3) is 0 Å². The van der Waals surface area contributed by atoms with Gasteiger partial charge in [-0.15, -0.1) is 11.3 Å². The molecule has 0 radical (unpaired) electrons. The SMILES string of the molecule is Cc1nc2cc(N3CCC(C)(O)C3)c(N)cc2s1. The molecule has 1 aromatic carbocycles. The molecule has 1 atom stereocenters. The maximum atomic E-state index is 10.0. The van der Waals surface area contributed by atoms with Crippen molar-refractivity contribution in [2.75, 3.05) is 23.7 Å². The van der Waals surface area contributed by atoms with Crippen LogP contribution in [0.1, 0.15) is 18.4 Å². The fourth-order valence-electron chi connectivity index (χ4n) is 2.52. The third-order valence-electron chi connectivity index (χ3n) is 3.44. The van der Waals surface area contributed by atoms with Gasteiger partial charge in [0.05, 0.1) is 32.2 Å². The van der Waals surface area contributed by atoms with Crippen LogP contribution in [0.4, 0.5) is 11.4 Å². The van der Waals surface area contributed by atoms with Gasteiger partial charge < -0.3 is 15.7 Å². The smallest absolute Gasteiger partial charge is 0.0907 e. The third kappa shape index (κ3) is 1.93. The highest BCUT2D eigenvalue weighted by molar-refractivity contribution is 7.18. The summed E-state index contributed by atoms with van der Waals surface area (Å²) in [4.78, 5) is 6.64. The van der Waals surface area contributed by atoms with Crippen molar-refractivity contribution in [1.82, 2.24) is 4.98 Å². The molecule has 3 N–H and O–H groups in total. The van der Waals surface area contributed by atoms with Crippen LogP contribution in [-0.4, -0.2) is 28.8 Å². The van der Waals surface area contributed by atoms with Crippen molar-refractivity contribution in [2.45, 2.75) is 25.9 Å². The summed E-state index contributed by atoms with van der Waals surface area (Å²) < 4.78 is 1.12. The summed E-state index contributed by atoms with van der Waals surface area (Å²) in [6, 6.07) is 4.03. The van der Waals surface area contributed by atoms with Crippen LogP contribution >= 0.6 is 11.3 Å². The predicted molar refractivity (Wildman–Crippen MR) is 76.2 cm³/mol. The number of fused-ring (bicyclic) bond motifs is 1. The van der Waals surface area contributed by atoms with E-state index in [0.717, 1.165) is 39.6 Å². The van der Waals surface area contributed by atoms with Gasteiger partial charge in [0, 0.05) is 13.1 Å². The molecule has 18 heavy (non-hydrogen) atoms. The maximum absolute atomic E-state index is 10.0. The lowest BCUT2D eigenvalue weighted by molar-refractivity contribution is 0.0839. The van der Waals surface area contributed by atoms with Crippen LogP contribution in [0.2, 0.25) is 0 Å². The van der Waals surface area contributed by atoms with Gasteiger partial charge in [0.2, 0.25) is 0 Å². The molecule has 1 aliphatic heterocycles. The fraction of sp³-hybridized carbons (Fsp3) is 0.462. The zero-order chi connectivity index (χ0) is 12.9. The summed E-state index contributed by atoms with van der Waals surface area (Å²) >= 11 is 1.66. The summed E-state index contributed by atoms with van der Waals surface area (Å²) in [5.41, 5.74) is 8.26. The number of aliphatic hydroxyl groups is 1. The lowest BCUT2D eigenvalue weighted by Crippen LogP contribution is -2.29. The minimum Gasteiger partial charge on any atom is -0.397 e. The summed E-state index contributed by atoms with van der Waals surface area (Å²) in [7, 11) is 0. The summed E-state index contributed by atoms with van der Waals surface area (Å²) in [5.74, 6) is 0. The normalized spacial score (nSPS) is 24.1. The Hall–Kier alpha value is -1.33. The number of aromatic nitrogens is 1. The second-order valence-corrected chi connectivity index (χ2v) is 6.51. The number of nitrogens with two attached hydrogens (primary N) is 1. The minimum absolute atomic E-state index is 0.612. The highest BCUT2D eigenvalue weighted by Crippen LogP contribution is 2.35. The Labute approximate surface area is 110 Å². The molecular formula is C13H17N3OS. The molecule has 5 heteroatoms. The first kappa shape index (κ1) is 11.7. The number of thiazole rings is 1. The number of benzene rings is 1. The molecule has 1 fully saturated rings. The quantitative estimate of drug-likeness (QED) is 0.774. The lowest BCUT2D eigenvalue weighted by Gasteiger charge is -2.22. The van der Waals surface area contributed by atoms with Crippen molar-refractivity contribution in [3.05, 3.63) is 17.1 Å². The van der Waals surface area contributed by atoms with Crippen LogP contribution in [0.3, 0.4) is 0 Å². The molecule has 0 saturated carbocycles. The standard InChI is InChI=1S/C13H17N3OS/c1-8-15-10-6-11(9(14)5-12(10)18-8)16-4-3-13(2,17)7-16/h5-6,17H,3-4,7,14H2,1-2H3. The Morgan fingerprint density at radius 3 is 2.94 bits per heavy atom. The zero-order valence-electron chi connectivity index (χ0n) is 10.6. The Kier molecular flexibility index (Phi) is 2.50. The van der Waals surface area contributed by atoms with E-state index in [1.54, 1.807) is 11.3 Å². The number of hydrogen-bond donors (Lipinski definition) is 2. The fourth-order valence-corrected chi connectivity index (χ4v) is 3.38. The average molecular weight is 263 g/mol. The van der Waals surface area contributed by atoms with Crippen LogP contribution < -0.4 is 10.6 Å². The number of nitrogens with zero attached hydrogens (tertiary/aromatic N) is 2. The number of anilines is 2. The first-order valence-electron chi connectivity index (χ1n) is 6.09. The summed E-state index contributed by atoms with van der Waals surface area (Å²) in [6.07, 6.45) is 0.778. The van der Waals surface area contributed by atoms with Crippen molar-refractivity contribution < 1.29 is 5.11 Å². The van der Waals surface area contributed by atoms with Gasteiger partial charge in [-0.05, 0) is 32.4 Å². The highest BCUT2D eigenvalue weighted by atomic mass is 32.1. The summed E-state index contributed by atoms with van der Waals surface area (Å²) in [5, 5.41) is 11.1. The Morgan fingerprint density at radius 2 is 2.28 bits per heavy atom. The van der Waals surface area contributed by atoms with Crippen LogP contribution in [0.15, 0.2) is 12.1 Å². The lowest BCUT2D eigenvalue weighted by atomic mass is 10.1. The second-order valence-electron chi connectivity index (χ2n) is 5.28. The van der Waals surface area contributed by atoms with E-state index in [1.165, 1.54) is 0 Å². The number of rotatable bonds is 1. The van der Waals surface area contributed by atoms with Gasteiger partial charge in [-0.25, -0.2) is 4.98 Å². The van der Waals surface area contributed by atoms with E-state index < -0.39 is 5.60 Å². The molecule has 0 aliphatic carbocycles. The first-order valence-corrected chi connectivity index (χ1v) is 6.90.